The second-order valence-electron chi connectivity index (χ2n) is 6.16. The van der Waals surface area contributed by atoms with Crippen molar-refractivity contribution in [1.82, 2.24) is 0 Å². The maximum Gasteiger partial charge on any atom is 0.314 e. The van der Waals surface area contributed by atoms with Gasteiger partial charge < -0.3 is 14.6 Å². The summed E-state index contributed by atoms with van der Waals surface area (Å²) in [5.41, 5.74) is 0.395. The first-order valence-corrected chi connectivity index (χ1v) is 7.01. The third kappa shape index (κ3) is 1.70. The van der Waals surface area contributed by atoms with Crippen LogP contribution in [0.4, 0.5) is 0 Å². The average molecular weight is 276 g/mol. The second kappa shape index (κ2) is 4.40. The molecular weight excluding hydrogens is 256 g/mol. The molecule has 0 saturated heterocycles. The molecule has 0 unspecified atom stereocenters. The van der Waals surface area contributed by atoms with Crippen LogP contribution in [0.5, 0.6) is 11.5 Å². The second-order valence-corrected chi connectivity index (χ2v) is 6.16. The molecule has 20 heavy (non-hydrogen) atoms. The van der Waals surface area contributed by atoms with Crippen LogP contribution in [0.3, 0.4) is 0 Å². The van der Waals surface area contributed by atoms with E-state index in [9.17, 15) is 9.90 Å². The molecule has 0 aromatic heterocycles. The van der Waals surface area contributed by atoms with E-state index in [1.165, 1.54) is 19.3 Å². The van der Waals surface area contributed by atoms with E-state index in [0.29, 0.717) is 16.9 Å². The lowest BCUT2D eigenvalue weighted by molar-refractivity contribution is -0.160. The number of aliphatic carboxylic acids is 1. The van der Waals surface area contributed by atoms with Gasteiger partial charge in [-0.05, 0) is 48.8 Å². The standard InChI is InChI=1S/C16H20O4/c1-19-12-5-4-11(8-13(12)20-2)16(14(17)18)9-15(10-16)6-3-7-15/h4-5,8H,3,6-7,9-10H2,1-2H3,(H,17,18). The summed E-state index contributed by atoms with van der Waals surface area (Å²) in [4.78, 5) is 11.8. The summed E-state index contributed by atoms with van der Waals surface area (Å²) in [6.45, 7) is 0. The van der Waals surface area contributed by atoms with Gasteiger partial charge in [0.2, 0.25) is 0 Å². The summed E-state index contributed by atoms with van der Waals surface area (Å²) in [6.07, 6.45) is 5.10. The lowest BCUT2D eigenvalue weighted by Gasteiger charge is -2.59. The molecule has 0 amide bonds. The van der Waals surface area contributed by atoms with Gasteiger partial charge in [0.1, 0.15) is 0 Å². The topological polar surface area (TPSA) is 55.8 Å². The predicted molar refractivity (Wildman–Crippen MR) is 74.4 cm³/mol. The van der Waals surface area contributed by atoms with E-state index in [-0.39, 0.29) is 0 Å². The number of benzene rings is 1. The Labute approximate surface area is 118 Å². The highest BCUT2D eigenvalue weighted by Gasteiger charge is 2.61. The van der Waals surface area contributed by atoms with Crippen LogP contribution in [0, 0.1) is 5.41 Å². The van der Waals surface area contributed by atoms with E-state index in [1.54, 1.807) is 20.3 Å². The minimum atomic E-state index is -0.736. The van der Waals surface area contributed by atoms with Crippen molar-refractivity contribution in [2.24, 2.45) is 5.41 Å². The average Bonchev–Trinajstić information content (AvgIpc) is 2.35. The minimum absolute atomic E-state index is 0.297. The monoisotopic (exact) mass is 276 g/mol. The fourth-order valence-electron chi connectivity index (χ4n) is 3.87. The van der Waals surface area contributed by atoms with Gasteiger partial charge in [-0.2, -0.15) is 0 Å². The largest absolute Gasteiger partial charge is 0.493 e. The van der Waals surface area contributed by atoms with Gasteiger partial charge >= 0.3 is 5.97 Å². The van der Waals surface area contributed by atoms with E-state index >= 15 is 0 Å². The van der Waals surface area contributed by atoms with Crippen molar-refractivity contribution in [3.63, 3.8) is 0 Å². The number of hydrogen-bond donors (Lipinski definition) is 1. The van der Waals surface area contributed by atoms with Crippen LogP contribution in [0.25, 0.3) is 0 Å². The van der Waals surface area contributed by atoms with E-state index in [4.69, 9.17) is 9.47 Å². The highest BCUT2D eigenvalue weighted by molar-refractivity contribution is 5.83. The number of carboxylic acid groups (broad SMARTS) is 1. The highest BCUT2D eigenvalue weighted by Crippen LogP contribution is 2.65. The zero-order chi connectivity index (χ0) is 14.4. The fourth-order valence-corrected chi connectivity index (χ4v) is 3.87. The van der Waals surface area contributed by atoms with Gasteiger partial charge in [-0.25, -0.2) is 0 Å². The van der Waals surface area contributed by atoms with Crippen molar-refractivity contribution in [1.29, 1.82) is 0 Å². The van der Waals surface area contributed by atoms with Crippen molar-refractivity contribution < 1.29 is 19.4 Å². The number of methoxy groups -OCH3 is 2. The molecule has 0 aliphatic heterocycles. The maximum atomic E-state index is 11.8. The molecule has 4 nitrogen and oxygen atoms in total. The molecule has 1 spiro atoms. The lowest BCUT2D eigenvalue weighted by Crippen LogP contribution is -2.57. The summed E-state index contributed by atoms with van der Waals surface area (Å²) in [5.74, 6) is 0.511. The summed E-state index contributed by atoms with van der Waals surface area (Å²) < 4.78 is 10.5. The van der Waals surface area contributed by atoms with Gasteiger partial charge in [0.25, 0.3) is 0 Å². The van der Waals surface area contributed by atoms with E-state index < -0.39 is 11.4 Å². The maximum absolute atomic E-state index is 11.8. The summed E-state index contributed by atoms with van der Waals surface area (Å²) in [7, 11) is 3.15. The SMILES string of the molecule is COc1ccc(C2(C(=O)O)CC3(CCC3)C2)cc1OC. The van der Waals surface area contributed by atoms with Crippen molar-refractivity contribution >= 4 is 5.97 Å². The third-order valence-electron chi connectivity index (χ3n) is 5.11. The molecule has 0 radical (unpaired) electrons. The Morgan fingerprint density at radius 2 is 1.80 bits per heavy atom. The van der Waals surface area contributed by atoms with Crippen LogP contribution in [-0.4, -0.2) is 25.3 Å². The zero-order valence-corrected chi connectivity index (χ0v) is 11.9. The molecule has 0 atom stereocenters. The Kier molecular flexibility index (Phi) is 2.92. The van der Waals surface area contributed by atoms with Gasteiger partial charge in [0.15, 0.2) is 11.5 Å². The van der Waals surface area contributed by atoms with E-state index in [1.807, 2.05) is 12.1 Å². The van der Waals surface area contributed by atoms with Crippen LogP contribution in [-0.2, 0) is 10.2 Å². The van der Waals surface area contributed by atoms with Crippen LogP contribution in [0.1, 0.15) is 37.7 Å². The quantitative estimate of drug-likeness (QED) is 0.918. The first-order valence-electron chi connectivity index (χ1n) is 7.01. The molecule has 1 aromatic carbocycles. The molecule has 0 bridgehead atoms. The Balaban J connectivity index is 1.95. The minimum Gasteiger partial charge on any atom is -0.493 e. The van der Waals surface area contributed by atoms with E-state index in [0.717, 1.165) is 18.4 Å². The van der Waals surface area contributed by atoms with Gasteiger partial charge in [-0.3, -0.25) is 4.79 Å². The number of carbonyl (C=O) groups is 1. The van der Waals surface area contributed by atoms with Gasteiger partial charge in [-0.15, -0.1) is 0 Å². The molecule has 2 aliphatic carbocycles. The fraction of sp³-hybridized carbons (Fsp3) is 0.562. The molecular formula is C16H20O4. The number of hydrogen-bond acceptors (Lipinski definition) is 3. The summed E-state index contributed by atoms with van der Waals surface area (Å²) >= 11 is 0. The first-order chi connectivity index (χ1) is 9.55. The summed E-state index contributed by atoms with van der Waals surface area (Å²) in [5, 5.41) is 9.71. The van der Waals surface area contributed by atoms with Crippen LogP contribution in [0.2, 0.25) is 0 Å². The lowest BCUT2D eigenvalue weighted by atomic mass is 9.44. The van der Waals surface area contributed by atoms with Gasteiger partial charge in [0.05, 0.1) is 19.6 Å². The molecule has 108 valence electrons. The Morgan fingerprint density at radius 1 is 1.15 bits per heavy atom. The Bertz CT molecular complexity index is 537. The number of rotatable bonds is 4. The molecule has 3 rings (SSSR count). The van der Waals surface area contributed by atoms with Crippen LogP contribution >= 0.6 is 0 Å². The van der Waals surface area contributed by atoms with Crippen molar-refractivity contribution in [2.75, 3.05) is 14.2 Å². The van der Waals surface area contributed by atoms with Crippen LogP contribution in [0.15, 0.2) is 18.2 Å². The Hall–Kier alpha value is -1.71. The van der Waals surface area contributed by atoms with Crippen molar-refractivity contribution in [3.05, 3.63) is 23.8 Å². The zero-order valence-electron chi connectivity index (χ0n) is 11.9. The first kappa shape index (κ1) is 13.3. The number of ether oxygens (including phenoxy) is 2. The van der Waals surface area contributed by atoms with E-state index in [2.05, 4.69) is 0 Å². The predicted octanol–water partition coefficient (Wildman–Crippen LogP) is 2.99. The molecule has 2 saturated carbocycles. The summed E-state index contributed by atoms with van der Waals surface area (Å²) in [6, 6.07) is 5.48. The van der Waals surface area contributed by atoms with Crippen molar-refractivity contribution in [3.8, 4) is 11.5 Å². The molecule has 1 N–H and O–H groups in total. The molecule has 1 aromatic rings. The molecule has 2 fully saturated rings. The molecule has 0 heterocycles. The normalized spacial score (nSPS) is 21.7. The third-order valence-corrected chi connectivity index (χ3v) is 5.11. The van der Waals surface area contributed by atoms with Gasteiger partial charge in [-0.1, -0.05) is 12.5 Å². The number of carboxylic acids is 1. The Morgan fingerprint density at radius 3 is 2.25 bits per heavy atom. The van der Waals surface area contributed by atoms with Gasteiger partial charge in [0, 0.05) is 0 Å². The van der Waals surface area contributed by atoms with Crippen molar-refractivity contribution in [2.45, 2.75) is 37.5 Å². The van der Waals surface area contributed by atoms with Crippen LogP contribution < -0.4 is 9.47 Å². The molecule has 2 aliphatic rings. The smallest absolute Gasteiger partial charge is 0.314 e. The highest BCUT2D eigenvalue weighted by atomic mass is 16.5. The molecule has 4 heteroatoms.